The van der Waals surface area contributed by atoms with Gasteiger partial charge < -0.3 is 0 Å². The molecule has 1 radical (unpaired) electrons. The van der Waals surface area contributed by atoms with Crippen molar-refractivity contribution in [2.45, 2.75) is 38.8 Å². The molecule has 1 aromatic carbocycles. The zero-order chi connectivity index (χ0) is 19.6. The van der Waals surface area contributed by atoms with Crippen LogP contribution in [0.4, 0.5) is 4.79 Å². The van der Waals surface area contributed by atoms with Crippen LogP contribution >= 0.6 is 0 Å². The Morgan fingerprint density at radius 1 is 1.23 bits per heavy atom. The molecule has 0 saturated heterocycles. The SMILES string of the molecule is COC(=O)[C@H](Cc1ccccc1)NC([Se])=NCCNC(=O)OC(C)(C)C. The molecule has 0 aliphatic rings. The zero-order valence-electron chi connectivity index (χ0n) is 15.6. The second-order valence-corrected chi connectivity index (χ2v) is 7.34. The van der Waals surface area contributed by atoms with E-state index >= 15 is 0 Å². The molecule has 0 heterocycles. The molecule has 143 valence electrons. The number of benzene rings is 1. The van der Waals surface area contributed by atoms with Gasteiger partial charge in [-0.15, -0.1) is 0 Å². The second-order valence-electron chi connectivity index (χ2n) is 6.53. The van der Waals surface area contributed by atoms with Gasteiger partial charge in [-0.2, -0.15) is 0 Å². The molecule has 0 spiro atoms. The van der Waals surface area contributed by atoms with Crippen LogP contribution in [0.25, 0.3) is 0 Å². The molecule has 0 saturated carbocycles. The van der Waals surface area contributed by atoms with Crippen molar-refractivity contribution < 1.29 is 19.1 Å². The molecule has 0 aliphatic carbocycles. The van der Waals surface area contributed by atoms with Crippen LogP contribution in [0, 0.1) is 0 Å². The molecule has 1 rings (SSSR count). The fourth-order valence-corrected chi connectivity index (χ4v) is 2.50. The number of nitrogens with one attached hydrogen (secondary N) is 2. The van der Waals surface area contributed by atoms with Gasteiger partial charge in [0.25, 0.3) is 0 Å². The Morgan fingerprint density at radius 3 is 2.46 bits per heavy atom. The summed E-state index contributed by atoms with van der Waals surface area (Å²) in [5.74, 6) is -0.372. The van der Waals surface area contributed by atoms with Gasteiger partial charge in [-0.05, 0) is 0 Å². The molecule has 0 unspecified atom stereocenters. The van der Waals surface area contributed by atoms with Crippen LogP contribution in [0.15, 0.2) is 35.3 Å². The number of carbonyl (C=O) groups excluding carboxylic acids is 2. The molecule has 0 fully saturated rings. The molecule has 8 heteroatoms. The first-order chi connectivity index (χ1) is 12.2. The molecular formula is C18H26N3O4Se. The first-order valence-electron chi connectivity index (χ1n) is 8.28. The summed E-state index contributed by atoms with van der Waals surface area (Å²) in [6.45, 7) is 6.06. The molecule has 1 atom stereocenters. The van der Waals surface area contributed by atoms with Crippen molar-refractivity contribution in [1.82, 2.24) is 10.6 Å². The number of ether oxygens (including phenoxy) is 2. The number of hydrogen-bond acceptors (Lipinski definition) is 5. The number of alkyl carbamates (subject to hydrolysis) is 1. The van der Waals surface area contributed by atoms with Gasteiger partial charge >= 0.3 is 162 Å². The van der Waals surface area contributed by atoms with E-state index in [2.05, 4.69) is 31.6 Å². The van der Waals surface area contributed by atoms with Crippen LogP contribution < -0.4 is 10.6 Å². The molecule has 2 N–H and O–H groups in total. The van der Waals surface area contributed by atoms with Gasteiger partial charge in [0.2, 0.25) is 0 Å². The maximum absolute atomic E-state index is 12.0. The molecule has 0 aliphatic heterocycles. The summed E-state index contributed by atoms with van der Waals surface area (Å²) in [6.07, 6.45) is -0.0107. The maximum atomic E-state index is 12.0. The van der Waals surface area contributed by atoms with Gasteiger partial charge in [0.15, 0.2) is 0 Å². The number of methoxy groups -OCH3 is 1. The molecule has 1 aromatic rings. The Morgan fingerprint density at radius 2 is 1.88 bits per heavy atom. The van der Waals surface area contributed by atoms with Crippen LogP contribution in [0.2, 0.25) is 0 Å². The Labute approximate surface area is 162 Å². The third kappa shape index (κ3) is 9.44. The van der Waals surface area contributed by atoms with Crippen LogP contribution in [0.1, 0.15) is 26.3 Å². The molecule has 7 nitrogen and oxygen atoms in total. The van der Waals surface area contributed by atoms with Crippen LogP contribution in [0.5, 0.6) is 0 Å². The summed E-state index contributed by atoms with van der Waals surface area (Å²) in [6, 6.07) is 9.08. The van der Waals surface area contributed by atoms with E-state index in [0.717, 1.165) is 5.56 Å². The first-order valence-corrected chi connectivity index (χ1v) is 9.13. The number of rotatable bonds is 7. The van der Waals surface area contributed by atoms with E-state index < -0.39 is 17.7 Å². The molecule has 26 heavy (non-hydrogen) atoms. The topological polar surface area (TPSA) is 89.0 Å². The number of hydrogen-bond donors (Lipinski definition) is 2. The summed E-state index contributed by atoms with van der Waals surface area (Å²) < 4.78 is 10.5. The number of amidine groups is 1. The summed E-state index contributed by atoms with van der Waals surface area (Å²) in [5, 5.41) is 5.64. The van der Waals surface area contributed by atoms with Gasteiger partial charge in [-0.3, -0.25) is 0 Å². The number of aliphatic imine (C=N–C) groups is 1. The summed E-state index contributed by atoms with van der Waals surface area (Å²) in [7, 11) is 1.35. The van der Waals surface area contributed by atoms with Crippen molar-refractivity contribution in [3.63, 3.8) is 0 Å². The number of amides is 1. The van der Waals surface area contributed by atoms with Crippen molar-refractivity contribution in [3.05, 3.63) is 35.9 Å². The zero-order valence-corrected chi connectivity index (χ0v) is 17.3. The summed E-state index contributed by atoms with van der Waals surface area (Å²) in [4.78, 5) is 27.8. The average molecular weight is 427 g/mol. The van der Waals surface area contributed by atoms with Crippen molar-refractivity contribution in [3.8, 4) is 0 Å². The van der Waals surface area contributed by atoms with E-state index in [0.29, 0.717) is 24.2 Å². The van der Waals surface area contributed by atoms with E-state index in [1.807, 2.05) is 30.3 Å². The summed E-state index contributed by atoms with van der Waals surface area (Å²) >= 11 is 2.79. The molecule has 1 amide bonds. The van der Waals surface area contributed by atoms with Gasteiger partial charge in [0.1, 0.15) is 0 Å². The van der Waals surface area contributed by atoms with E-state index in [-0.39, 0.29) is 5.97 Å². The van der Waals surface area contributed by atoms with Crippen molar-refractivity contribution >= 4 is 32.8 Å². The van der Waals surface area contributed by atoms with Gasteiger partial charge in [0, 0.05) is 0 Å². The van der Waals surface area contributed by atoms with Gasteiger partial charge in [0.05, 0.1) is 0 Å². The Balaban J connectivity index is 2.50. The fourth-order valence-electron chi connectivity index (χ4n) is 2.01. The first kappa shape index (κ1) is 22.0. The summed E-state index contributed by atoms with van der Waals surface area (Å²) in [5.41, 5.74) is 0.471. The van der Waals surface area contributed by atoms with Crippen LogP contribution in [0.3, 0.4) is 0 Å². The van der Waals surface area contributed by atoms with E-state index in [1.54, 1.807) is 20.8 Å². The quantitative estimate of drug-likeness (QED) is 0.226. The van der Waals surface area contributed by atoms with Gasteiger partial charge in [-0.1, -0.05) is 0 Å². The minimum atomic E-state index is -0.554. The third-order valence-corrected chi connectivity index (χ3v) is 3.62. The standard InChI is InChI=1S/C18H26N3O4Se/c1-18(2,3)25-17(23)20-11-10-19-16(26)21-14(15(22)24-4)12-13-8-6-5-7-9-13/h5-9,14H,10-12H2,1-4H3,(H,19,21)(H,20,23)/t14-/m0/s1. The Bertz CT molecular complexity index is 615. The van der Waals surface area contributed by atoms with Crippen molar-refractivity contribution in [1.29, 1.82) is 0 Å². The fraction of sp³-hybridized carbons (Fsp3) is 0.500. The third-order valence-electron chi connectivity index (χ3n) is 3.10. The Kier molecular flexibility index (Phi) is 9.16. The van der Waals surface area contributed by atoms with E-state index in [1.165, 1.54) is 7.11 Å². The monoisotopic (exact) mass is 428 g/mol. The Hall–Kier alpha value is -2.05. The average Bonchev–Trinajstić information content (AvgIpc) is 2.57. The van der Waals surface area contributed by atoms with E-state index in [4.69, 9.17) is 9.47 Å². The van der Waals surface area contributed by atoms with Crippen molar-refractivity contribution in [2.24, 2.45) is 4.99 Å². The molecular weight excluding hydrogens is 401 g/mol. The number of nitrogens with zero attached hydrogens (tertiary/aromatic N) is 1. The predicted molar refractivity (Wildman–Crippen MR) is 101 cm³/mol. The normalized spacial score (nSPS) is 12.8. The molecule has 0 aromatic heterocycles. The number of carbonyl (C=O) groups is 2. The minimum absolute atomic E-state index is 0.323. The number of esters is 1. The van der Waals surface area contributed by atoms with Crippen LogP contribution in [-0.4, -0.2) is 64.7 Å². The predicted octanol–water partition coefficient (Wildman–Crippen LogP) is 1.41. The van der Waals surface area contributed by atoms with Gasteiger partial charge in [-0.25, -0.2) is 0 Å². The van der Waals surface area contributed by atoms with E-state index in [9.17, 15) is 9.59 Å². The second kappa shape index (κ2) is 10.8. The molecule has 0 bridgehead atoms. The van der Waals surface area contributed by atoms with Crippen molar-refractivity contribution in [2.75, 3.05) is 20.2 Å². The van der Waals surface area contributed by atoms with Crippen LogP contribution in [-0.2, 0) is 20.7 Å².